The summed E-state index contributed by atoms with van der Waals surface area (Å²) >= 11 is 0. The average Bonchev–Trinajstić information content (AvgIpc) is 3.79. The minimum Gasteiger partial charge on any atom is -0.309 e. The molecule has 0 N–H and O–H groups in total. The van der Waals surface area contributed by atoms with Crippen LogP contribution in [0.1, 0.15) is 20.8 Å². The Morgan fingerprint density at radius 1 is 0.385 bits per heavy atom. The molecule has 0 atom stereocenters. The summed E-state index contributed by atoms with van der Waals surface area (Å²) in [6, 6.07) is 62.8. The molecule has 0 saturated carbocycles. The molecule has 7 aromatic carbocycles. The molecule has 250 valence electrons. The second-order valence-electron chi connectivity index (χ2n) is 14.3. The van der Waals surface area contributed by atoms with E-state index >= 15 is 0 Å². The summed E-state index contributed by atoms with van der Waals surface area (Å²) in [4.78, 5) is 0. The molecule has 2 aromatic heterocycles. The van der Waals surface area contributed by atoms with Gasteiger partial charge >= 0.3 is 0 Å². The Kier molecular flexibility index (Phi) is 7.66. The molecule has 0 radical (unpaired) electrons. The van der Waals surface area contributed by atoms with Gasteiger partial charge in [0.2, 0.25) is 0 Å². The molecule has 0 spiro atoms. The van der Waals surface area contributed by atoms with Crippen LogP contribution in [-0.4, -0.2) is 19.3 Å². The van der Waals surface area contributed by atoms with Gasteiger partial charge in [-0.3, -0.25) is 0 Å². The molecular formula is C48H38N4. The maximum atomic E-state index is 4.71. The monoisotopic (exact) mass is 670 g/mol. The second-order valence-corrected chi connectivity index (χ2v) is 14.3. The molecular weight excluding hydrogens is 633 g/mol. The van der Waals surface area contributed by atoms with Gasteiger partial charge in [-0.1, -0.05) is 146 Å². The van der Waals surface area contributed by atoms with E-state index in [2.05, 4.69) is 193 Å². The van der Waals surface area contributed by atoms with Crippen molar-refractivity contribution in [3.05, 3.63) is 176 Å². The van der Waals surface area contributed by atoms with Crippen LogP contribution in [0, 0.1) is 0 Å². The van der Waals surface area contributed by atoms with E-state index < -0.39 is 0 Å². The quantitative estimate of drug-likeness (QED) is 0.176. The molecule has 9 rings (SSSR count). The lowest BCUT2D eigenvalue weighted by Gasteiger charge is -2.25. The summed E-state index contributed by atoms with van der Waals surface area (Å²) in [5, 5.41) is 11.9. The smallest absolute Gasteiger partial charge is 0.164 e. The zero-order valence-electron chi connectivity index (χ0n) is 29.5. The molecule has 0 saturated heterocycles. The van der Waals surface area contributed by atoms with Gasteiger partial charge in [-0.05, 0) is 84.5 Å². The molecule has 4 nitrogen and oxygen atoms in total. The molecule has 0 aliphatic heterocycles. The lowest BCUT2D eigenvalue weighted by Crippen LogP contribution is -2.23. The minimum atomic E-state index is -0.210. The van der Waals surface area contributed by atoms with E-state index in [4.69, 9.17) is 5.10 Å². The predicted molar refractivity (Wildman–Crippen MR) is 217 cm³/mol. The topological polar surface area (TPSA) is 35.6 Å². The summed E-state index contributed by atoms with van der Waals surface area (Å²) in [6.45, 7) is 6.61. The summed E-state index contributed by atoms with van der Waals surface area (Å²) in [5.74, 6) is 1.73. The van der Waals surface area contributed by atoms with Crippen molar-refractivity contribution in [3.63, 3.8) is 0 Å². The fourth-order valence-corrected chi connectivity index (χ4v) is 7.61. The van der Waals surface area contributed by atoms with E-state index in [0.717, 1.165) is 34.0 Å². The Morgan fingerprint density at radius 2 is 0.846 bits per heavy atom. The van der Waals surface area contributed by atoms with Crippen LogP contribution >= 0.6 is 0 Å². The molecule has 0 fully saturated rings. The Balaban J connectivity index is 1.13. The Morgan fingerprint density at radius 3 is 1.48 bits per heavy atom. The predicted octanol–water partition coefficient (Wildman–Crippen LogP) is 12.5. The number of benzene rings is 7. The summed E-state index contributed by atoms with van der Waals surface area (Å²) in [7, 11) is 0. The van der Waals surface area contributed by atoms with E-state index in [1.54, 1.807) is 0 Å². The SMILES string of the molecule is CC(C)(C)n1c(-c2ccccc2)nnc1-c1ccc(-c2ccccc2-c2ccccc2-c2ccc3c(c2)c2ccccc2n3-c2ccccc2)cc1. The molecule has 2 heterocycles. The van der Waals surface area contributed by atoms with Gasteiger partial charge in [0, 0.05) is 33.1 Å². The lowest BCUT2D eigenvalue weighted by molar-refractivity contribution is 0.404. The van der Waals surface area contributed by atoms with Gasteiger partial charge in [0.1, 0.15) is 0 Å². The zero-order valence-corrected chi connectivity index (χ0v) is 29.5. The maximum absolute atomic E-state index is 4.71. The molecule has 0 bridgehead atoms. The normalized spacial score (nSPS) is 11.8. The number of fused-ring (bicyclic) bond motifs is 3. The van der Waals surface area contributed by atoms with Gasteiger partial charge in [0.05, 0.1) is 11.0 Å². The van der Waals surface area contributed by atoms with Crippen molar-refractivity contribution in [1.29, 1.82) is 0 Å². The molecule has 0 aliphatic carbocycles. The number of rotatable bonds is 6. The minimum absolute atomic E-state index is 0.210. The van der Waals surface area contributed by atoms with Crippen molar-refractivity contribution in [2.24, 2.45) is 0 Å². The van der Waals surface area contributed by atoms with Gasteiger partial charge in [-0.25, -0.2) is 0 Å². The highest BCUT2D eigenvalue weighted by Crippen LogP contribution is 2.41. The second kappa shape index (κ2) is 12.7. The van der Waals surface area contributed by atoms with E-state index in [1.165, 1.54) is 49.6 Å². The van der Waals surface area contributed by atoms with Crippen LogP contribution < -0.4 is 0 Å². The molecule has 9 aromatic rings. The van der Waals surface area contributed by atoms with Gasteiger partial charge < -0.3 is 9.13 Å². The number of hydrogen-bond donors (Lipinski definition) is 0. The number of hydrogen-bond acceptors (Lipinski definition) is 2. The first-order chi connectivity index (χ1) is 25.5. The molecule has 0 unspecified atom stereocenters. The first-order valence-corrected chi connectivity index (χ1v) is 17.9. The van der Waals surface area contributed by atoms with Crippen molar-refractivity contribution < 1.29 is 0 Å². The standard InChI is InChI=1S/C48H38N4/c1-48(2,3)52-46(34-16-6-4-7-17-34)49-50-47(52)35-28-26-33(27-29-35)38-20-10-12-22-40(38)41-23-13-11-21-39(41)36-30-31-45-43(32-36)42-24-14-15-25-44(42)51(45)37-18-8-5-9-19-37/h4-32H,1-3H3. The van der Waals surface area contributed by atoms with Gasteiger partial charge in [0.25, 0.3) is 0 Å². The highest BCUT2D eigenvalue weighted by atomic mass is 15.3. The fourth-order valence-electron chi connectivity index (χ4n) is 7.61. The van der Waals surface area contributed by atoms with Crippen LogP contribution in [0.4, 0.5) is 0 Å². The highest BCUT2D eigenvalue weighted by Gasteiger charge is 2.25. The van der Waals surface area contributed by atoms with Crippen LogP contribution in [0.15, 0.2) is 176 Å². The van der Waals surface area contributed by atoms with Crippen LogP contribution in [0.5, 0.6) is 0 Å². The van der Waals surface area contributed by atoms with Crippen LogP contribution in [0.2, 0.25) is 0 Å². The maximum Gasteiger partial charge on any atom is 0.164 e. The third-order valence-corrected chi connectivity index (χ3v) is 9.96. The third-order valence-electron chi connectivity index (χ3n) is 9.96. The van der Waals surface area contributed by atoms with E-state index in [1.807, 2.05) is 18.2 Å². The summed E-state index contributed by atoms with van der Waals surface area (Å²) in [5.41, 5.74) is 12.6. The molecule has 0 amide bonds. The number of aromatic nitrogens is 4. The van der Waals surface area contributed by atoms with Crippen molar-refractivity contribution >= 4 is 21.8 Å². The Labute approximate surface area is 304 Å². The Bertz CT molecular complexity index is 2690. The van der Waals surface area contributed by atoms with Gasteiger partial charge in [0.15, 0.2) is 11.6 Å². The number of para-hydroxylation sites is 2. The zero-order chi connectivity index (χ0) is 35.2. The summed E-state index contributed by atoms with van der Waals surface area (Å²) < 4.78 is 4.61. The van der Waals surface area contributed by atoms with E-state index in [9.17, 15) is 0 Å². The van der Waals surface area contributed by atoms with Crippen LogP contribution in [0.25, 0.3) is 83.6 Å². The molecule has 52 heavy (non-hydrogen) atoms. The molecule has 0 aliphatic rings. The highest BCUT2D eigenvalue weighted by molar-refractivity contribution is 6.11. The van der Waals surface area contributed by atoms with Crippen molar-refractivity contribution in [2.75, 3.05) is 0 Å². The van der Waals surface area contributed by atoms with Crippen molar-refractivity contribution in [2.45, 2.75) is 26.3 Å². The van der Waals surface area contributed by atoms with E-state index in [-0.39, 0.29) is 5.54 Å². The third kappa shape index (κ3) is 5.41. The van der Waals surface area contributed by atoms with Gasteiger partial charge in [-0.15, -0.1) is 10.2 Å². The van der Waals surface area contributed by atoms with Crippen LogP contribution in [-0.2, 0) is 5.54 Å². The largest absolute Gasteiger partial charge is 0.309 e. The van der Waals surface area contributed by atoms with Crippen LogP contribution in [0.3, 0.4) is 0 Å². The van der Waals surface area contributed by atoms with Gasteiger partial charge in [-0.2, -0.15) is 0 Å². The first-order valence-electron chi connectivity index (χ1n) is 17.9. The fraction of sp³-hybridized carbons (Fsp3) is 0.0833. The summed E-state index contributed by atoms with van der Waals surface area (Å²) in [6.07, 6.45) is 0. The first kappa shape index (κ1) is 31.5. The molecule has 4 heteroatoms. The lowest BCUT2D eigenvalue weighted by atomic mass is 9.89. The number of nitrogens with zero attached hydrogens (tertiary/aromatic N) is 4. The van der Waals surface area contributed by atoms with Crippen molar-refractivity contribution in [1.82, 2.24) is 19.3 Å². The Hall–Kier alpha value is -6.52. The average molecular weight is 671 g/mol. The van der Waals surface area contributed by atoms with E-state index in [0.29, 0.717) is 0 Å². The van der Waals surface area contributed by atoms with Crippen molar-refractivity contribution in [3.8, 4) is 61.8 Å².